The standard InChI is InChI=1S/C19H20N4O2S2/c1-10(2)8-23-18(24)16-15(13-6-5-7-20-17(13)27-16)21-19(23)26-9-14-11(3)22-25-12(14)4/h5-7,10H,8-9H2,1-4H3. The minimum absolute atomic E-state index is 0.0120. The van der Waals surface area contributed by atoms with Crippen LogP contribution in [0.25, 0.3) is 20.4 Å². The molecule has 4 aromatic heterocycles. The number of pyridine rings is 1. The quantitative estimate of drug-likeness (QED) is 0.361. The molecule has 6 nitrogen and oxygen atoms in total. The Morgan fingerprint density at radius 1 is 1.33 bits per heavy atom. The molecule has 0 saturated carbocycles. The summed E-state index contributed by atoms with van der Waals surface area (Å²) in [6.07, 6.45) is 1.75. The van der Waals surface area contributed by atoms with Crippen molar-refractivity contribution in [2.45, 2.75) is 45.1 Å². The molecule has 0 radical (unpaired) electrons. The lowest BCUT2D eigenvalue weighted by Gasteiger charge is -2.13. The van der Waals surface area contributed by atoms with Crippen molar-refractivity contribution in [3.8, 4) is 0 Å². The van der Waals surface area contributed by atoms with Crippen LogP contribution >= 0.6 is 23.1 Å². The van der Waals surface area contributed by atoms with Gasteiger partial charge in [0, 0.05) is 29.4 Å². The minimum atomic E-state index is 0.0120. The van der Waals surface area contributed by atoms with E-state index in [2.05, 4.69) is 24.0 Å². The number of fused-ring (bicyclic) bond motifs is 3. The van der Waals surface area contributed by atoms with E-state index in [-0.39, 0.29) is 5.56 Å². The summed E-state index contributed by atoms with van der Waals surface area (Å²) >= 11 is 2.97. The summed E-state index contributed by atoms with van der Waals surface area (Å²) in [7, 11) is 0. The molecule has 27 heavy (non-hydrogen) atoms. The maximum Gasteiger partial charge on any atom is 0.272 e. The van der Waals surface area contributed by atoms with Crippen LogP contribution in [0.3, 0.4) is 0 Å². The van der Waals surface area contributed by atoms with Crippen LogP contribution in [0.1, 0.15) is 30.9 Å². The Kier molecular flexibility index (Phi) is 4.77. The largest absolute Gasteiger partial charge is 0.361 e. The molecule has 0 aliphatic heterocycles. The number of aromatic nitrogens is 4. The summed E-state index contributed by atoms with van der Waals surface area (Å²) in [6.45, 7) is 8.68. The Balaban J connectivity index is 1.86. The number of nitrogens with zero attached hydrogens (tertiary/aromatic N) is 4. The molecule has 4 rings (SSSR count). The highest BCUT2D eigenvalue weighted by Crippen LogP contribution is 2.32. The average Bonchev–Trinajstić information content (AvgIpc) is 3.16. The molecular weight excluding hydrogens is 380 g/mol. The van der Waals surface area contributed by atoms with E-state index in [4.69, 9.17) is 9.51 Å². The van der Waals surface area contributed by atoms with E-state index >= 15 is 0 Å². The van der Waals surface area contributed by atoms with Crippen molar-refractivity contribution in [3.05, 3.63) is 45.7 Å². The fourth-order valence-corrected chi connectivity index (χ4v) is 5.21. The zero-order valence-corrected chi connectivity index (χ0v) is 17.3. The molecular formula is C19H20N4O2S2. The van der Waals surface area contributed by atoms with Crippen LogP contribution in [0.4, 0.5) is 0 Å². The lowest BCUT2D eigenvalue weighted by Crippen LogP contribution is -2.24. The smallest absolute Gasteiger partial charge is 0.272 e. The highest BCUT2D eigenvalue weighted by molar-refractivity contribution is 7.98. The van der Waals surface area contributed by atoms with E-state index in [1.807, 2.05) is 26.0 Å². The van der Waals surface area contributed by atoms with Gasteiger partial charge in [0.2, 0.25) is 0 Å². The number of thioether (sulfide) groups is 1. The zero-order chi connectivity index (χ0) is 19.1. The molecule has 0 amide bonds. The highest BCUT2D eigenvalue weighted by atomic mass is 32.2. The van der Waals surface area contributed by atoms with Crippen LogP contribution in [0.2, 0.25) is 0 Å². The van der Waals surface area contributed by atoms with Gasteiger partial charge in [-0.05, 0) is 31.9 Å². The summed E-state index contributed by atoms with van der Waals surface area (Å²) in [5.74, 6) is 1.81. The molecule has 0 bridgehead atoms. The van der Waals surface area contributed by atoms with Crippen LogP contribution in [-0.2, 0) is 12.3 Å². The monoisotopic (exact) mass is 400 g/mol. The second-order valence-electron chi connectivity index (χ2n) is 6.93. The van der Waals surface area contributed by atoms with Crippen LogP contribution in [0.5, 0.6) is 0 Å². The topological polar surface area (TPSA) is 73.8 Å². The summed E-state index contributed by atoms with van der Waals surface area (Å²) < 4.78 is 7.73. The number of rotatable bonds is 5. The van der Waals surface area contributed by atoms with E-state index in [0.717, 1.165) is 37.9 Å². The SMILES string of the molecule is Cc1noc(C)c1CSc1nc2c(sc3ncccc32)c(=O)n1CC(C)C. The summed E-state index contributed by atoms with van der Waals surface area (Å²) in [4.78, 5) is 23.3. The van der Waals surface area contributed by atoms with Gasteiger partial charge < -0.3 is 4.52 Å². The molecule has 0 aromatic carbocycles. The predicted octanol–water partition coefficient (Wildman–Crippen LogP) is 4.56. The van der Waals surface area contributed by atoms with Crippen molar-refractivity contribution in [1.82, 2.24) is 19.7 Å². The number of hydrogen-bond acceptors (Lipinski definition) is 7. The molecule has 8 heteroatoms. The third kappa shape index (κ3) is 3.27. The third-order valence-electron chi connectivity index (χ3n) is 4.39. The fraction of sp³-hybridized carbons (Fsp3) is 0.368. The van der Waals surface area contributed by atoms with Gasteiger partial charge >= 0.3 is 0 Å². The molecule has 0 atom stereocenters. The van der Waals surface area contributed by atoms with Crippen molar-refractivity contribution < 1.29 is 4.52 Å². The van der Waals surface area contributed by atoms with Crippen molar-refractivity contribution in [3.63, 3.8) is 0 Å². The summed E-state index contributed by atoms with van der Waals surface area (Å²) in [6, 6.07) is 3.86. The Labute approximate surface area is 164 Å². The van der Waals surface area contributed by atoms with Gasteiger partial charge in [-0.1, -0.05) is 30.8 Å². The van der Waals surface area contributed by atoms with Crippen LogP contribution in [-0.4, -0.2) is 19.7 Å². The molecule has 0 saturated heterocycles. The fourth-order valence-electron chi connectivity index (χ4n) is 3.02. The molecule has 4 heterocycles. The molecule has 140 valence electrons. The first-order valence-corrected chi connectivity index (χ1v) is 10.6. The van der Waals surface area contributed by atoms with Crippen LogP contribution < -0.4 is 5.56 Å². The van der Waals surface area contributed by atoms with Crippen molar-refractivity contribution in [1.29, 1.82) is 0 Å². The van der Waals surface area contributed by atoms with Crippen molar-refractivity contribution in [2.24, 2.45) is 5.92 Å². The number of aryl methyl sites for hydroxylation is 2. The van der Waals surface area contributed by atoms with E-state index in [1.165, 1.54) is 11.3 Å². The highest BCUT2D eigenvalue weighted by Gasteiger charge is 2.18. The van der Waals surface area contributed by atoms with Gasteiger partial charge in [0.1, 0.15) is 15.3 Å². The Hall–Kier alpha value is -2.19. The average molecular weight is 401 g/mol. The first-order chi connectivity index (χ1) is 13.0. The minimum Gasteiger partial charge on any atom is -0.361 e. The second-order valence-corrected chi connectivity index (χ2v) is 8.87. The normalized spacial score (nSPS) is 11.9. The molecule has 0 fully saturated rings. The van der Waals surface area contributed by atoms with E-state index in [9.17, 15) is 4.79 Å². The van der Waals surface area contributed by atoms with Crippen molar-refractivity contribution in [2.75, 3.05) is 0 Å². The van der Waals surface area contributed by atoms with E-state index in [0.29, 0.717) is 22.9 Å². The van der Waals surface area contributed by atoms with E-state index < -0.39 is 0 Å². The van der Waals surface area contributed by atoms with Gasteiger partial charge in [0.15, 0.2) is 5.16 Å². The molecule has 0 aliphatic rings. The molecule has 0 aliphatic carbocycles. The Morgan fingerprint density at radius 3 is 2.85 bits per heavy atom. The first kappa shape index (κ1) is 18.2. The van der Waals surface area contributed by atoms with Gasteiger partial charge in [-0.25, -0.2) is 9.97 Å². The van der Waals surface area contributed by atoms with E-state index in [1.54, 1.807) is 22.5 Å². The predicted molar refractivity (Wildman–Crippen MR) is 110 cm³/mol. The third-order valence-corrected chi connectivity index (χ3v) is 6.49. The van der Waals surface area contributed by atoms with Crippen molar-refractivity contribution >= 4 is 43.5 Å². The summed E-state index contributed by atoms with van der Waals surface area (Å²) in [5, 5.41) is 5.68. The second kappa shape index (κ2) is 7.09. The molecule has 4 aromatic rings. The van der Waals surface area contributed by atoms with Gasteiger partial charge in [0.05, 0.1) is 11.2 Å². The zero-order valence-electron chi connectivity index (χ0n) is 15.6. The molecule has 0 unspecified atom stereocenters. The number of hydrogen-bond donors (Lipinski definition) is 0. The molecule has 0 spiro atoms. The Bertz CT molecular complexity index is 1170. The van der Waals surface area contributed by atoms with Crippen LogP contribution in [0.15, 0.2) is 32.8 Å². The lowest BCUT2D eigenvalue weighted by atomic mass is 10.2. The maximum atomic E-state index is 13.2. The Morgan fingerprint density at radius 2 is 2.15 bits per heavy atom. The lowest BCUT2D eigenvalue weighted by molar-refractivity contribution is 0.392. The van der Waals surface area contributed by atoms with Gasteiger partial charge in [-0.2, -0.15) is 0 Å². The van der Waals surface area contributed by atoms with Gasteiger partial charge in [-0.3, -0.25) is 9.36 Å². The van der Waals surface area contributed by atoms with Gasteiger partial charge in [-0.15, -0.1) is 11.3 Å². The maximum absolute atomic E-state index is 13.2. The first-order valence-electron chi connectivity index (χ1n) is 8.78. The summed E-state index contributed by atoms with van der Waals surface area (Å²) in [5.41, 5.74) is 2.69. The number of thiophene rings is 1. The van der Waals surface area contributed by atoms with Crippen LogP contribution in [0, 0.1) is 19.8 Å². The molecule has 0 N–H and O–H groups in total. The van der Waals surface area contributed by atoms with Gasteiger partial charge in [0.25, 0.3) is 5.56 Å².